The predicted molar refractivity (Wildman–Crippen MR) is 70.4 cm³/mol. The van der Waals surface area contributed by atoms with E-state index in [9.17, 15) is 0 Å². The molecule has 2 rings (SSSR count). The first-order chi connectivity index (χ1) is 8.08. The van der Waals surface area contributed by atoms with Crippen LogP contribution in [0.2, 0.25) is 5.02 Å². The summed E-state index contributed by atoms with van der Waals surface area (Å²) in [6.45, 7) is 2.20. The number of hydrogen-bond donors (Lipinski definition) is 0. The predicted octanol–water partition coefficient (Wildman–Crippen LogP) is 4.29. The quantitative estimate of drug-likeness (QED) is 0.763. The first-order valence-electron chi connectivity index (χ1n) is 5.64. The lowest BCUT2D eigenvalue weighted by atomic mass is 10.1. The minimum Gasteiger partial charge on any atom is -0.493 e. The van der Waals surface area contributed by atoms with Crippen LogP contribution >= 0.6 is 23.2 Å². The third-order valence-corrected chi connectivity index (χ3v) is 4.23. The molecular formula is C13H16Cl2O2. The molecular weight excluding hydrogens is 259 g/mol. The normalized spacial score (nSPS) is 24.3. The Bertz CT molecular complexity index is 420. The molecule has 1 aromatic carbocycles. The molecule has 0 saturated heterocycles. The zero-order valence-corrected chi connectivity index (χ0v) is 11.7. The van der Waals surface area contributed by atoms with E-state index in [1.807, 2.05) is 6.07 Å². The lowest BCUT2D eigenvalue weighted by Crippen LogP contribution is -1.98. The highest BCUT2D eigenvalue weighted by molar-refractivity contribution is 6.33. The van der Waals surface area contributed by atoms with Crippen molar-refractivity contribution >= 4 is 23.2 Å². The molecule has 17 heavy (non-hydrogen) atoms. The molecule has 0 aromatic heterocycles. The van der Waals surface area contributed by atoms with E-state index in [0.717, 1.165) is 5.56 Å². The van der Waals surface area contributed by atoms with Gasteiger partial charge in [0, 0.05) is 11.1 Å². The highest BCUT2D eigenvalue weighted by Gasteiger charge is 2.40. The molecule has 1 aliphatic carbocycles. The van der Waals surface area contributed by atoms with Crippen molar-refractivity contribution < 1.29 is 9.47 Å². The van der Waals surface area contributed by atoms with Crippen LogP contribution in [0.15, 0.2) is 12.1 Å². The van der Waals surface area contributed by atoms with Crippen LogP contribution in [0.4, 0.5) is 0 Å². The molecule has 1 saturated carbocycles. The molecule has 3 unspecified atom stereocenters. The Labute approximate surface area is 112 Å². The van der Waals surface area contributed by atoms with E-state index in [2.05, 4.69) is 6.92 Å². The van der Waals surface area contributed by atoms with Crippen LogP contribution < -0.4 is 9.47 Å². The van der Waals surface area contributed by atoms with Crippen LogP contribution in [0.25, 0.3) is 0 Å². The van der Waals surface area contributed by atoms with Crippen molar-refractivity contribution in [3.8, 4) is 11.5 Å². The maximum absolute atomic E-state index is 6.45. The molecule has 0 N–H and O–H groups in total. The average molecular weight is 275 g/mol. The van der Waals surface area contributed by atoms with Crippen molar-refractivity contribution in [2.24, 2.45) is 11.8 Å². The first kappa shape index (κ1) is 12.8. The first-order valence-corrected chi connectivity index (χ1v) is 6.45. The standard InChI is InChI=1S/C13H16Cl2O2/c1-7-4-8(7)13(15)9-5-11(16-2)12(17-3)6-10(9)14/h5-8,13H,4H2,1-3H3. The van der Waals surface area contributed by atoms with Gasteiger partial charge in [-0.05, 0) is 29.9 Å². The van der Waals surface area contributed by atoms with Gasteiger partial charge in [-0.1, -0.05) is 18.5 Å². The summed E-state index contributed by atoms with van der Waals surface area (Å²) in [5.74, 6) is 2.51. The average Bonchev–Trinajstić information content (AvgIpc) is 3.05. The topological polar surface area (TPSA) is 18.5 Å². The second kappa shape index (κ2) is 4.95. The fourth-order valence-corrected chi connectivity index (χ4v) is 2.93. The largest absolute Gasteiger partial charge is 0.493 e. The van der Waals surface area contributed by atoms with Gasteiger partial charge in [0.25, 0.3) is 0 Å². The van der Waals surface area contributed by atoms with Gasteiger partial charge >= 0.3 is 0 Å². The maximum Gasteiger partial charge on any atom is 0.162 e. The summed E-state index contributed by atoms with van der Waals surface area (Å²) in [7, 11) is 3.20. The Morgan fingerprint density at radius 2 is 1.76 bits per heavy atom. The van der Waals surface area contributed by atoms with Crippen LogP contribution in [0.3, 0.4) is 0 Å². The Balaban J connectivity index is 2.33. The number of benzene rings is 1. The lowest BCUT2D eigenvalue weighted by molar-refractivity contribution is 0.354. The Morgan fingerprint density at radius 1 is 1.24 bits per heavy atom. The SMILES string of the molecule is COc1cc(Cl)c(C(Cl)C2CC2C)cc1OC. The van der Waals surface area contributed by atoms with Gasteiger partial charge in [-0.3, -0.25) is 0 Å². The van der Waals surface area contributed by atoms with Crippen molar-refractivity contribution in [2.45, 2.75) is 18.7 Å². The van der Waals surface area contributed by atoms with Gasteiger partial charge in [0.2, 0.25) is 0 Å². The van der Waals surface area contributed by atoms with E-state index in [0.29, 0.717) is 28.4 Å². The summed E-state index contributed by atoms with van der Waals surface area (Å²) in [6.07, 6.45) is 1.17. The molecule has 94 valence electrons. The molecule has 0 aliphatic heterocycles. The number of methoxy groups -OCH3 is 2. The van der Waals surface area contributed by atoms with Crippen LogP contribution in [0.5, 0.6) is 11.5 Å². The summed E-state index contributed by atoms with van der Waals surface area (Å²) in [5, 5.41) is 0.596. The van der Waals surface area contributed by atoms with Gasteiger partial charge in [-0.15, -0.1) is 11.6 Å². The zero-order valence-electron chi connectivity index (χ0n) is 10.2. The van der Waals surface area contributed by atoms with Gasteiger partial charge in [0.1, 0.15) is 0 Å². The Kier molecular flexibility index (Phi) is 3.74. The van der Waals surface area contributed by atoms with Crippen LogP contribution in [0, 0.1) is 11.8 Å². The van der Waals surface area contributed by atoms with Crippen molar-refractivity contribution in [1.29, 1.82) is 0 Å². The van der Waals surface area contributed by atoms with Crippen molar-refractivity contribution in [3.05, 3.63) is 22.7 Å². The van der Waals surface area contributed by atoms with Gasteiger partial charge in [-0.25, -0.2) is 0 Å². The monoisotopic (exact) mass is 274 g/mol. The van der Waals surface area contributed by atoms with Crippen molar-refractivity contribution in [1.82, 2.24) is 0 Å². The molecule has 1 aromatic rings. The van der Waals surface area contributed by atoms with E-state index >= 15 is 0 Å². The summed E-state index contributed by atoms with van der Waals surface area (Å²) >= 11 is 12.7. The van der Waals surface area contributed by atoms with Gasteiger partial charge in [-0.2, -0.15) is 0 Å². The van der Waals surface area contributed by atoms with E-state index < -0.39 is 0 Å². The molecule has 3 atom stereocenters. The zero-order chi connectivity index (χ0) is 12.6. The molecule has 0 heterocycles. The number of alkyl halides is 1. The third-order valence-electron chi connectivity index (χ3n) is 3.35. The number of hydrogen-bond acceptors (Lipinski definition) is 2. The third kappa shape index (κ3) is 2.48. The van der Waals surface area contributed by atoms with E-state index in [1.165, 1.54) is 6.42 Å². The maximum atomic E-state index is 6.45. The lowest BCUT2D eigenvalue weighted by Gasteiger charge is -2.15. The summed E-state index contributed by atoms with van der Waals surface area (Å²) < 4.78 is 10.5. The fourth-order valence-electron chi connectivity index (χ4n) is 2.07. The van der Waals surface area contributed by atoms with Gasteiger partial charge < -0.3 is 9.47 Å². The highest BCUT2D eigenvalue weighted by Crippen LogP contribution is 2.52. The van der Waals surface area contributed by atoms with E-state index in [1.54, 1.807) is 20.3 Å². The van der Waals surface area contributed by atoms with Crippen LogP contribution in [-0.2, 0) is 0 Å². The minimum absolute atomic E-state index is 0.0442. The van der Waals surface area contributed by atoms with E-state index in [-0.39, 0.29) is 5.38 Å². The number of rotatable bonds is 4. The van der Waals surface area contributed by atoms with Gasteiger partial charge in [0.05, 0.1) is 19.6 Å². The Hall–Kier alpha value is -0.600. The summed E-state index contributed by atoms with van der Waals surface area (Å²) in [5.41, 5.74) is 0.931. The molecule has 0 amide bonds. The van der Waals surface area contributed by atoms with Crippen LogP contribution in [0.1, 0.15) is 24.3 Å². The molecule has 0 spiro atoms. The van der Waals surface area contributed by atoms with Gasteiger partial charge in [0.15, 0.2) is 11.5 Å². The second-order valence-electron chi connectivity index (χ2n) is 4.51. The second-order valence-corrected chi connectivity index (χ2v) is 5.38. The smallest absolute Gasteiger partial charge is 0.162 e. The molecule has 0 bridgehead atoms. The fraction of sp³-hybridized carbons (Fsp3) is 0.538. The Morgan fingerprint density at radius 3 is 2.24 bits per heavy atom. The molecule has 1 aliphatic rings. The molecule has 2 nitrogen and oxygen atoms in total. The molecule has 4 heteroatoms. The highest BCUT2D eigenvalue weighted by atomic mass is 35.5. The van der Waals surface area contributed by atoms with Crippen LogP contribution in [-0.4, -0.2) is 14.2 Å². The minimum atomic E-state index is -0.0442. The number of ether oxygens (including phenoxy) is 2. The van der Waals surface area contributed by atoms with E-state index in [4.69, 9.17) is 32.7 Å². The molecule has 1 fully saturated rings. The number of halogens is 2. The van der Waals surface area contributed by atoms with Crippen molar-refractivity contribution in [2.75, 3.05) is 14.2 Å². The summed E-state index contributed by atoms with van der Waals surface area (Å²) in [6, 6.07) is 3.64. The van der Waals surface area contributed by atoms with Crippen molar-refractivity contribution in [3.63, 3.8) is 0 Å². The molecule has 0 radical (unpaired) electrons. The summed E-state index contributed by atoms with van der Waals surface area (Å²) in [4.78, 5) is 0.